The van der Waals surface area contributed by atoms with Crippen LogP contribution < -0.4 is 11.1 Å². The molecule has 0 amide bonds. The summed E-state index contributed by atoms with van der Waals surface area (Å²) in [7, 11) is 0. The fourth-order valence-electron chi connectivity index (χ4n) is 1.41. The van der Waals surface area contributed by atoms with Crippen molar-refractivity contribution in [3.8, 4) is 6.07 Å². The summed E-state index contributed by atoms with van der Waals surface area (Å²) in [6.45, 7) is 2.12. The van der Waals surface area contributed by atoms with Crippen molar-refractivity contribution in [2.45, 2.75) is 25.8 Å². The van der Waals surface area contributed by atoms with Gasteiger partial charge in [0.05, 0.1) is 17.4 Å². The lowest BCUT2D eigenvalue weighted by Gasteiger charge is -2.17. The summed E-state index contributed by atoms with van der Waals surface area (Å²) in [5.74, 6) is 0.525. The SMILES string of the molecule is CCC(CCO)Nc1ncc(N)cc1C#N. The van der Waals surface area contributed by atoms with Gasteiger partial charge in [-0.1, -0.05) is 6.92 Å². The van der Waals surface area contributed by atoms with E-state index in [1.165, 1.54) is 6.20 Å². The minimum Gasteiger partial charge on any atom is -0.397 e. The van der Waals surface area contributed by atoms with Gasteiger partial charge in [-0.2, -0.15) is 5.26 Å². The zero-order valence-corrected chi connectivity index (χ0v) is 9.27. The Labute approximate surface area is 94.9 Å². The number of nitriles is 1. The van der Waals surface area contributed by atoms with Gasteiger partial charge in [0.25, 0.3) is 0 Å². The minimum absolute atomic E-state index is 0.113. The molecule has 1 aromatic heterocycles. The molecule has 4 N–H and O–H groups in total. The third-order valence-corrected chi connectivity index (χ3v) is 2.34. The molecule has 0 fully saturated rings. The highest BCUT2D eigenvalue weighted by atomic mass is 16.3. The first-order chi connectivity index (χ1) is 7.71. The van der Waals surface area contributed by atoms with Gasteiger partial charge in [-0.05, 0) is 18.9 Å². The molecule has 1 rings (SSSR count). The monoisotopic (exact) mass is 220 g/mol. The zero-order valence-electron chi connectivity index (χ0n) is 9.27. The van der Waals surface area contributed by atoms with Crippen LogP contribution in [0.1, 0.15) is 25.3 Å². The number of nitrogens with one attached hydrogen (secondary N) is 1. The van der Waals surface area contributed by atoms with Crippen molar-refractivity contribution in [2.75, 3.05) is 17.7 Å². The van der Waals surface area contributed by atoms with E-state index in [1.54, 1.807) is 6.07 Å². The molecule has 16 heavy (non-hydrogen) atoms. The van der Waals surface area contributed by atoms with E-state index in [9.17, 15) is 0 Å². The van der Waals surface area contributed by atoms with Gasteiger partial charge in [0.15, 0.2) is 0 Å². The highest BCUT2D eigenvalue weighted by Crippen LogP contribution is 2.16. The van der Waals surface area contributed by atoms with Crippen molar-refractivity contribution < 1.29 is 5.11 Å². The van der Waals surface area contributed by atoms with E-state index < -0.39 is 0 Å². The number of nitrogens with zero attached hydrogens (tertiary/aromatic N) is 2. The molecule has 1 atom stereocenters. The normalized spacial score (nSPS) is 11.8. The van der Waals surface area contributed by atoms with Crippen LogP contribution in [0.2, 0.25) is 0 Å². The molecule has 0 aliphatic rings. The van der Waals surface area contributed by atoms with Gasteiger partial charge in [0.1, 0.15) is 11.9 Å². The lowest BCUT2D eigenvalue weighted by atomic mass is 10.1. The first-order valence-corrected chi connectivity index (χ1v) is 5.24. The Balaban J connectivity index is 2.83. The average molecular weight is 220 g/mol. The topological polar surface area (TPSA) is 95.0 Å². The van der Waals surface area contributed by atoms with Crippen LogP contribution in [0, 0.1) is 11.3 Å². The lowest BCUT2D eigenvalue weighted by molar-refractivity contribution is 0.278. The van der Waals surface area contributed by atoms with E-state index in [0.29, 0.717) is 23.5 Å². The van der Waals surface area contributed by atoms with Gasteiger partial charge in [0.2, 0.25) is 0 Å². The second-order valence-electron chi connectivity index (χ2n) is 3.54. The fraction of sp³-hybridized carbons (Fsp3) is 0.455. The number of hydrogen-bond acceptors (Lipinski definition) is 5. The molecule has 0 aliphatic carbocycles. The second kappa shape index (κ2) is 5.93. The van der Waals surface area contributed by atoms with E-state index in [0.717, 1.165) is 6.42 Å². The molecule has 0 radical (unpaired) electrons. The van der Waals surface area contributed by atoms with Gasteiger partial charge in [-0.3, -0.25) is 0 Å². The highest BCUT2D eigenvalue weighted by Gasteiger charge is 2.09. The molecule has 0 spiro atoms. The number of nitrogens with two attached hydrogens (primary N) is 1. The maximum absolute atomic E-state index is 8.92. The van der Waals surface area contributed by atoms with Crippen LogP contribution in [0.25, 0.3) is 0 Å². The summed E-state index contributed by atoms with van der Waals surface area (Å²) < 4.78 is 0. The predicted octanol–water partition coefficient (Wildman–Crippen LogP) is 1.11. The van der Waals surface area contributed by atoms with Crippen molar-refractivity contribution in [1.82, 2.24) is 4.98 Å². The average Bonchev–Trinajstić information content (AvgIpc) is 2.30. The first kappa shape index (κ1) is 12.3. The zero-order chi connectivity index (χ0) is 12.0. The molecule has 0 aliphatic heterocycles. The van der Waals surface area contributed by atoms with Crippen molar-refractivity contribution in [1.29, 1.82) is 5.26 Å². The quantitative estimate of drug-likeness (QED) is 0.690. The van der Waals surface area contributed by atoms with Crippen molar-refractivity contribution in [3.63, 3.8) is 0 Å². The van der Waals surface area contributed by atoms with Crippen molar-refractivity contribution in [2.24, 2.45) is 0 Å². The number of aliphatic hydroxyl groups is 1. The Kier molecular flexibility index (Phi) is 4.55. The summed E-state index contributed by atoms with van der Waals surface area (Å²) in [6, 6.07) is 3.74. The van der Waals surface area contributed by atoms with Crippen LogP contribution in [0.3, 0.4) is 0 Å². The summed E-state index contributed by atoms with van der Waals surface area (Å²) in [5.41, 5.74) is 6.44. The Morgan fingerprint density at radius 3 is 3.00 bits per heavy atom. The Hall–Kier alpha value is -1.80. The van der Waals surface area contributed by atoms with E-state index in [-0.39, 0.29) is 12.6 Å². The molecule has 5 heteroatoms. The van der Waals surface area contributed by atoms with Crippen molar-refractivity contribution >= 4 is 11.5 Å². The molecule has 86 valence electrons. The number of rotatable bonds is 5. The molecule has 0 aromatic carbocycles. The minimum atomic E-state index is 0.113. The third-order valence-electron chi connectivity index (χ3n) is 2.34. The molecule has 0 bridgehead atoms. The lowest BCUT2D eigenvalue weighted by Crippen LogP contribution is -2.21. The van der Waals surface area contributed by atoms with Gasteiger partial charge in [-0.25, -0.2) is 4.98 Å². The molecular formula is C11H16N4O. The van der Waals surface area contributed by atoms with Gasteiger partial charge < -0.3 is 16.2 Å². The van der Waals surface area contributed by atoms with Gasteiger partial charge >= 0.3 is 0 Å². The molecular weight excluding hydrogens is 204 g/mol. The predicted molar refractivity (Wildman–Crippen MR) is 62.8 cm³/mol. The molecule has 1 unspecified atom stereocenters. The Morgan fingerprint density at radius 2 is 2.44 bits per heavy atom. The fourth-order valence-corrected chi connectivity index (χ4v) is 1.41. The first-order valence-electron chi connectivity index (χ1n) is 5.24. The summed E-state index contributed by atoms with van der Waals surface area (Å²) in [4.78, 5) is 4.08. The Bertz CT molecular complexity index is 386. The van der Waals surface area contributed by atoms with Crippen LogP contribution in [0.4, 0.5) is 11.5 Å². The van der Waals surface area contributed by atoms with E-state index in [1.807, 2.05) is 13.0 Å². The number of hydrogen-bond donors (Lipinski definition) is 3. The number of pyridine rings is 1. The van der Waals surface area contributed by atoms with Crippen LogP contribution in [0.5, 0.6) is 0 Å². The summed E-state index contributed by atoms with van der Waals surface area (Å²) >= 11 is 0. The smallest absolute Gasteiger partial charge is 0.144 e. The van der Waals surface area contributed by atoms with Crippen LogP contribution in [-0.4, -0.2) is 22.7 Å². The third kappa shape index (κ3) is 3.11. The highest BCUT2D eigenvalue weighted by molar-refractivity contribution is 5.57. The number of anilines is 2. The second-order valence-corrected chi connectivity index (χ2v) is 3.54. The molecule has 1 heterocycles. The largest absolute Gasteiger partial charge is 0.397 e. The number of aliphatic hydroxyl groups excluding tert-OH is 1. The van der Waals surface area contributed by atoms with E-state index in [4.69, 9.17) is 16.1 Å². The Morgan fingerprint density at radius 1 is 1.69 bits per heavy atom. The molecule has 0 saturated carbocycles. The number of nitrogen functional groups attached to an aromatic ring is 1. The van der Waals surface area contributed by atoms with Gasteiger partial charge in [-0.15, -0.1) is 0 Å². The maximum atomic E-state index is 8.92. The van der Waals surface area contributed by atoms with Crippen LogP contribution >= 0.6 is 0 Å². The van der Waals surface area contributed by atoms with E-state index in [2.05, 4.69) is 10.3 Å². The van der Waals surface area contributed by atoms with Crippen molar-refractivity contribution in [3.05, 3.63) is 17.8 Å². The van der Waals surface area contributed by atoms with Crippen LogP contribution in [-0.2, 0) is 0 Å². The molecule has 5 nitrogen and oxygen atoms in total. The molecule has 1 aromatic rings. The molecule has 0 saturated heterocycles. The van der Waals surface area contributed by atoms with Gasteiger partial charge in [0, 0.05) is 12.6 Å². The van der Waals surface area contributed by atoms with Crippen LogP contribution in [0.15, 0.2) is 12.3 Å². The number of aromatic nitrogens is 1. The summed E-state index contributed by atoms with van der Waals surface area (Å²) in [6.07, 6.45) is 3.00. The van der Waals surface area contributed by atoms with E-state index >= 15 is 0 Å². The standard InChI is InChI=1S/C11H16N4O/c1-2-10(3-4-16)15-11-8(6-12)5-9(13)7-14-11/h5,7,10,16H,2-4,13H2,1H3,(H,14,15). The maximum Gasteiger partial charge on any atom is 0.144 e. The summed E-state index contributed by atoms with van der Waals surface area (Å²) in [5, 5.41) is 20.9.